The van der Waals surface area contributed by atoms with Gasteiger partial charge >= 0.3 is 0 Å². The van der Waals surface area contributed by atoms with E-state index in [2.05, 4.69) is 25.3 Å². The molecule has 1 amide bonds. The summed E-state index contributed by atoms with van der Waals surface area (Å²) in [5, 5.41) is 8.13. The summed E-state index contributed by atoms with van der Waals surface area (Å²) < 4.78 is 1.76. The number of piperidine rings is 1. The summed E-state index contributed by atoms with van der Waals surface area (Å²) in [5.41, 5.74) is 2.68. The van der Waals surface area contributed by atoms with E-state index < -0.39 is 0 Å². The first-order valence-corrected chi connectivity index (χ1v) is 10.8. The third-order valence-corrected chi connectivity index (χ3v) is 5.76. The molecule has 3 heterocycles. The van der Waals surface area contributed by atoms with Gasteiger partial charge in [-0.05, 0) is 37.5 Å². The van der Waals surface area contributed by atoms with Crippen LogP contribution < -0.4 is 10.2 Å². The molecule has 1 aliphatic rings. The summed E-state index contributed by atoms with van der Waals surface area (Å²) in [4.78, 5) is 23.2. The van der Waals surface area contributed by atoms with Gasteiger partial charge in [0.15, 0.2) is 0 Å². The molecule has 3 aromatic rings. The fraction of sp³-hybridized carbons (Fsp3) is 0.304. The summed E-state index contributed by atoms with van der Waals surface area (Å²) in [5.74, 6) is 0.616. The second-order valence-corrected chi connectivity index (χ2v) is 7.94. The fourth-order valence-electron chi connectivity index (χ4n) is 3.70. The van der Waals surface area contributed by atoms with Crippen LogP contribution in [-0.4, -0.2) is 44.8 Å². The zero-order valence-electron chi connectivity index (χ0n) is 17.4. The minimum absolute atomic E-state index is 0.124. The Balaban J connectivity index is 1.32. The number of rotatable bonds is 6. The van der Waals surface area contributed by atoms with Gasteiger partial charge in [0, 0.05) is 43.2 Å². The molecule has 1 aliphatic heterocycles. The molecular formula is C23H25ClN6O. The first-order valence-electron chi connectivity index (χ1n) is 10.4. The molecule has 1 fully saturated rings. The van der Waals surface area contributed by atoms with E-state index in [1.54, 1.807) is 23.2 Å². The van der Waals surface area contributed by atoms with Crippen LogP contribution >= 0.6 is 11.6 Å². The summed E-state index contributed by atoms with van der Waals surface area (Å²) >= 11 is 6.53. The predicted octanol–water partition coefficient (Wildman–Crippen LogP) is 3.48. The molecular weight excluding hydrogens is 412 g/mol. The van der Waals surface area contributed by atoms with E-state index in [1.165, 1.54) is 6.08 Å². The number of hydrogen-bond acceptors (Lipinski definition) is 5. The van der Waals surface area contributed by atoms with Gasteiger partial charge in [-0.25, -0.2) is 14.6 Å². The minimum Gasteiger partial charge on any atom is -0.350 e. The van der Waals surface area contributed by atoms with Crippen LogP contribution in [0.2, 0.25) is 5.15 Å². The molecule has 160 valence electrons. The van der Waals surface area contributed by atoms with Gasteiger partial charge in [-0.3, -0.25) is 4.79 Å². The number of aryl methyl sites for hydroxylation is 1. The van der Waals surface area contributed by atoms with E-state index in [-0.39, 0.29) is 11.9 Å². The molecule has 0 atom stereocenters. The van der Waals surface area contributed by atoms with Crippen molar-refractivity contribution in [2.75, 3.05) is 18.0 Å². The van der Waals surface area contributed by atoms with Gasteiger partial charge in [-0.15, -0.1) is 0 Å². The Labute approximate surface area is 186 Å². The van der Waals surface area contributed by atoms with Gasteiger partial charge in [-0.2, -0.15) is 5.10 Å². The summed E-state index contributed by atoms with van der Waals surface area (Å²) in [6.07, 6.45) is 8.48. The van der Waals surface area contributed by atoms with Gasteiger partial charge in [0.2, 0.25) is 11.9 Å². The monoisotopic (exact) mass is 436 g/mol. The molecule has 1 N–H and O–H groups in total. The number of benzene rings is 1. The third kappa shape index (κ3) is 5.30. The van der Waals surface area contributed by atoms with E-state index in [0.29, 0.717) is 11.7 Å². The Morgan fingerprint density at radius 2 is 1.87 bits per heavy atom. The number of halogens is 1. The van der Waals surface area contributed by atoms with Crippen LogP contribution in [0.1, 0.15) is 29.7 Å². The van der Waals surface area contributed by atoms with Crippen molar-refractivity contribution in [1.29, 1.82) is 0 Å². The fourth-order valence-corrected chi connectivity index (χ4v) is 4.00. The van der Waals surface area contributed by atoms with Gasteiger partial charge < -0.3 is 10.2 Å². The van der Waals surface area contributed by atoms with Gasteiger partial charge in [0.05, 0.1) is 12.2 Å². The van der Waals surface area contributed by atoms with Crippen LogP contribution in [-0.2, 0) is 11.3 Å². The molecule has 0 radical (unpaired) electrons. The standard InChI is InChI=1S/C23H25ClN6O/c1-17-20(22(24)30(28-17)16-18-6-3-2-4-7-18)8-9-21(31)27-19-10-14-29(15-11-19)23-25-12-5-13-26-23/h2-9,12-13,19H,10-11,14-16H2,1H3,(H,27,31)/b9-8+. The normalized spacial score (nSPS) is 14.8. The lowest BCUT2D eigenvalue weighted by molar-refractivity contribution is -0.117. The average molecular weight is 437 g/mol. The largest absolute Gasteiger partial charge is 0.350 e. The van der Waals surface area contributed by atoms with Crippen LogP contribution in [0.5, 0.6) is 0 Å². The van der Waals surface area contributed by atoms with Crippen molar-refractivity contribution < 1.29 is 4.79 Å². The Morgan fingerprint density at radius 1 is 1.16 bits per heavy atom. The van der Waals surface area contributed by atoms with Crippen molar-refractivity contribution >= 4 is 29.5 Å². The first kappa shape index (κ1) is 21.1. The smallest absolute Gasteiger partial charge is 0.244 e. The number of carbonyl (C=O) groups excluding carboxylic acids is 1. The van der Waals surface area contributed by atoms with Crippen molar-refractivity contribution in [2.24, 2.45) is 0 Å². The third-order valence-electron chi connectivity index (χ3n) is 5.36. The number of anilines is 1. The molecule has 8 heteroatoms. The molecule has 0 bridgehead atoms. The van der Waals surface area contributed by atoms with Crippen molar-refractivity contribution in [3.05, 3.63) is 76.8 Å². The molecule has 0 unspecified atom stereocenters. The molecule has 4 rings (SSSR count). The number of hydrogen-bond donors (Lipinski definition) is 1. The predicted molar refractivity (Wildman–Crippen MR) is 122 cm³/mol. The lowest BCUT2D eigenvalue weighted by Gasteiger charge is -2.32. The topological polar surface area (TPSA) is 75.9 Å². The second-order valence-electron chi connectivity index (χ2n) is 7.59. The van der Waals surface area contributed by atoms with Crippen molar-refractivity contribution in [1.82, 2.24) is 25.1 Å². The molecule has 7 nitrogen and oxygen atoms in total. The van der Waals surface area contributed by atoms with E-state index in [1.807, 2.05) is 43.3 Å². The van der Waals surface area contributed by atoms with Gasteiger partial charge in [0.1, 0.15) is 5.15 Å². The zero-order chi connectivity index (χ0) is 21.6. The zero-order valence-corrected chi connectivity index (χ0v) is 18.2. The van der Waals surface area contributed by atoms with Gasteiger partial charge in [0.25, 0.3) is 0 Å². The maximum Gasteiger partial charge on any atom is 0.244 e. The van der Waals surface area contributed by atoms with Crippen molar-refractivity contribution in [3.63, 3.8) is 0 Å². The summed E-state index contributed by atoms with van der Waals surface area (Å²) in [6, 6.07) is 12.0. The van der Waals surface area contributed by atoms with Crippen LogP contribution in [0.15, 0.2) is 54.9 Å². The molecule has 31 heavy (non-hydrogen) atoms. The minimum atomic E-state index is -0.124. The first-order chi connectivity index (χ1) is 15.1. The van der Waals surface area contributed by atoms with Gasteiger partial charge in [-0.1, -0.05) is 41.9 Å². The summed E-state index contributed by atoms with van der Waals surface area (Å²) in [6.45, 7) is 4.11. The average Bonchev–Trinajstić information content (AvgIpc) is 3.06. The Morgan fingerprint density at radius 3 is 2.58 bits per heavy atom. The lowest BCUT2D eigenvalue weighted by Crippen LogP contribution is -2.44. The molecule has 0 spiro atoms. The van der Waals surface area contributed by atoms with E-state index in [9.17, 15) is 4.79 Å². The second kappa shape index (κ2) is 9.75. The highest BCUT2D eigenvalue weighted by Crippen LogP contribution is 2.22. The highest BCUT2D eigenvalue weighted by molar-refractivity contribution is 6.31. The quantitative estimate of drug-likeness (QED) is 0.598. The molecule has 0 aliphatic carbocycles. The van der Waals surface area contributed by atoms with E-state index in [0.717, 1.165) is 48.7 Å². The van der Waals surface area contributed by atoms with Crippen LogP contribution in [0.25, 0.3) is 6.08 Å². The SMILES string of the molecule is Cc1nn(Cc2ccccc2)c(Cl)c1/C=C/C(=O)NC1CCN(c2ncccn2)CC1. The number of carbonyl (C=O) groups is 1. The summed E-state index contributed by atoms with van der Waals surface area (Å²) in [7, 11) is 0. The molecule has 1 saturated heterocycles. The van der Waals surface area contributed by atoms with Crippen molar-refractivity contribution in [2.45, 2.75) is 32.4 Å². The van der Waals surface area contributed by atoms with E-state index >= 15 is 0 Å². The molecule has 2 aromatic heterocycles. The van der Waals surface area contributed by atoms with Crippen LogP contribution in [0.4, 0.5) is 5.95 Å². The number of amides is 1. The Bertz CT molecular complexity index is 1040. The Kier molecular flexibility index (Phi) is 6.62. The Hall–Kier alpha value is -3.19. The van der Waals surface area contributed by atoms with E-state index in [4.69, 9.17) is 11.6 Å². The lowest BCUT2D eigenvalue weighted by atomic mass is 10.1. The number of aromatic nitrogens is 4. The highest BCUT2D eigenvalue weighted by Gasteiger charge is 2.21. The highest BCUT2D eigenvalue weighted by atomic mass is 35.5. The number of nitrogens with zero attached hydrogens (tertiary/aromatic N) is 5. The molecule has 0 saturated carbocycles. The van der Waals surface area contributed by atoms with Crippen LogP contribution in [0, 0.1) is 6.92 Å². The molecule has 1 aromatic carbocycles. The maximum atomic E-state index is 12.5. The van der Waals surface area contributed by atoms with Crippen molar-refractivity contribution in [3.8, 4) is 0 Å². The van der Waals surface area contributed by atoms with Crippen LogP contribution in [0.3, 0.4) is 0 Å². The maximum absolute atomic E-state index is 12.5. The number of nitrogens with one attached hydrogen (secondary N) is 1.